The lowest BCUT2D eigenvalue weighted by atomic mass is 9.85. The van der Waals surface area contributed by atoms with Gasteiger partial charge in [0.2, 0.25) is 6.54 Å². The highest BCUT2D eigenvalue weighted by molar-refractivity contribution is 6.31. The molecule has 0 aliphatic heterocycles. The van der Waals surface area contributed by atoms with Crippen LogP contribution in [0.3, 0.4) is 0 Å². The molecule has 9 heteroatoms. The largest absolute Gasteiger partial charge is 0.489 e. The molecular weight excluding hydrogens is 402 g/mol. The van der Waals surface area contributed by atoms with Gasteiger partial charge in [-0.15, -0.1) is 0 Å². The fraction of sp³-hybridized carbons (Fsp3) is 0.300. The van der Waals surface area contributed by atoms with Crippen molar-refractivity contribution in [1.29, 1.82) is 0 Å². The number of benzene rings is 2. The maximum Gasteiger partial charge on any atom is 0.320 e. The average molecular weight is 422 g/mol. The summed E-state index contributed by atoms with van der Waals surface area (Å²) in [6, 6.07) is 13.6. The number of nitro groups is 1. The number of carbonyl (C=O) groups excluding carboxylic acids is 2. The van der Waals surface area contributed by atoms with E-state index in [1.807, 2.05) is 18.2 Å². The van der Waals surface area contributed by atoms with Gasteiger partial charge in [-0.2, -0.15) is 0 Å². The van der Waals surface area contributed by atoms with Gasteiger partial charge in [0.25, 0.3) is 0 Å². The van der Waals surface area contributed by atoms with Crippen LogP contribution in [0, 0.1) is 16.0 Å². The molecule has 0 spiro atoms. The number of hydrogen-bond donors (Lipinski definition) is 0. The van der Waals surface area contributed by atoms with Crippen LogP contribution in [0.15, 0.2) is 48.5 Å². The van der Waals surface area contributed by atoms with E-state index >= 15 is 0 Å². The molecule has 8 nitrogen and oxygen atoms in total. The Morgan fingerprint density at radius 3 is 2.14 bits per heavy atom. The predicted molar refractivity (Wildman–Crippen MR) is 104 cm³/mol. The normalized spacial score (nSPS) is 11.6. The third-order valence-corrected chi connectivity index (χ3v) is 4.69. The Kier molecular flexibility index (Phi) is 7.97. The summed E-state index contributed by atoms with van der Waals surface area (Å²) in [4.78, 5) is 34.7. The van der Waals surface area contributed by atoms with Crippen LogP contribution in [-0.2, 0) is 25.7 Å². The minimum Gasteiger partial charge on any atom is -0.489 e. The van der Waals surface area contributed by atoms with Crippen molar-refractivity contribution in [2.75, 3.05) is 20.8 Å². The first kappa shape index (κ1) is 22.2. The Balaban J connectivity index is 2.23. The van der Waals surface area contributed by atoms with Crippen molar-refractivity contribution in [2.24, 2.45) is 5.92 Å². The highest BCUT2D eigenvalue weighted by Crippen LogP contribution is 2.29. The van der Waals surface area contributed by atoms with Gasteiger partial charge in [-0.05, 0) is 23.8 Å². The van der Waals surface area contributed by atoms with Gasteiger partial charge in [-0.25, -0.2) is 0 Å². The zero-order chi connectivity index (χ0) is 21.4. The van der Waals surface area contributed by atoms with Crippen molar-refractivity contribution in [2.45, 2.75) is 12.5 Å². The molecule has 1 atom stereocenters. The van der Waals surface area contributed by atoms with Gasteiger partial charge in [0.1, 0.15) is 12.4 Å². The first-order valence-electron chi connectivity index (χ1n) is 8.61. The molecule has 1 unspecified atom stereocenters. The molecule has 2 aromatic rings. The summed E-state index contributed by atoms with van der Waals surface area (Å²) in [5, 5.41) is 11.7. The zero-order valence-corrected chi connectivity index (χ0v) is 16.6. The average Bonchev–Trinajstić information content (AvgIpc) is 2.72. The number of ether oxygens (including phenoxy) is 3. The van der Waals surface area contributed by atoms with E-state index in [1.165, 1.54) is 0 Å². The van der Waals surface area contributed by atoms with Gasteiger partial charge < -0.3 is 14.2 Å². The Bertz CT molecular complexity index is 853. The predicted octanol–water partition coefficient (Wildman–Crippen LogP) is 3.24. The topological polar surface area (TPSA) is 105 Å². The lowest BCUT2D eigenvalue weighted by molar-refractivity contribution is -0.484. The lowest BCUT2D eigenvalue weighted by Crippen LogP contribution is -2.35. The standard InChI is InChI=1S/C20H20ClNO7/c1-27-19(23)18(20(24)28-2)16(11-22(25)26)13-7-9-15(10-8-13)29-12-14-5-3-4-6-17(14)21/h3-10,16,18H,11-12H2,1-2H3. The number of esters is 2. The number of nitrogens with zero attached hydrogens (tertiary/aromatic N) is 1. The highest BCUT2D eigenvalue weighted by Gasteiger charge is 2.40. The quantitative estimate of drug-likeness (QED) is 0.265. The number of rotatable bonds is 9. The van der Waals surface area contributed by atoms with Gasteiger partial charge in [0.15, 0.2) is 5.92 Å². The molecule has 0 saturated heterocycles. The van der Waals surface area contributed by atoms with Crippen molar-refractivity contribution in [3.8, 4) is 5.75 Å². The second-order valence-electron chi connectivity index (χ2n) is 6.09. The zero-order valence-electron chi connectivity index (χ0n) is 15.9. The van der Waals surface area contributed by atoms with E-state index in [1.54, 1.807) is 30.3 Å². The molecule has 0 N–H and O–H groups in total. The van der Waals surface area contributed by atoms with Crippen LogP contribution in [0.5, 0.6) is 5.75 Å². The van der Waals surface area contributed by atoms with Crippen LogP contribution in [0.2, 0.25) is 5.02 Å². The van der Waals surface area contributed by atoms with E-state index in [-0.39, 0.29) is 6.61 Å². The molecule has 0 fully saturated rings. The molecule has 0 saturated carbocycles. The Labute approximate surface area is 172 Å². The van der Waals surface area contributed by atoms with E-state index in [0.29, 0.717) is 16.3 Å². The van der Waals surface area contributed by atoms with Crippen molar-refractivity contribution < 1.29 is 28.7 Å². The number of halogens is 1. The van der Waals surface area contributed by atoms with E-state index in [9.17, 15) is 19.7 Å². The molecule has 154 valence electrons. The van der Waals surface area contributed by atoms with Crippen molar-refractivity contribution in [1.82, 2.24) is 0 Å². The number of carbonyl (C=O) groups is 2. The van der Waals surface area contributed by atoms with Crippen LogP contribution in [0.1, 0.15) is 17.0 Å². The Morgan fingerprint density at radius 2 is 1.62 bits per heavy atom. The Hall–Kier alpha value is -3.13. The fourth-order valence-electron chi connectivity index (χ4n) is 2.83. The molecule has 0 radical (unpaired) electrons. The van der Waals surface area contributed by atoms with Crippen LogP contribution in [-0.4, -0.2) is 37.6 Å². The first-order valence-corrected chi connectivity index (χ1v) is 8.98. The van der Waals surface area contributed by atoms with Gasteiger partial charge in [0, 0.05) is 15.5 Å². The van der Waals surface area contributed by atoms with E-state index < -0.39 is 35.2 Å². The summed E-state index contributed by atoms with van der Waals surface area (Å²) in [7, 11) is 2.21. The van der Waals surface area contributed by atoms with E-state index in [0.717, 1.165) is 19.8 Å². The lowest BCUT2D eigenvalue weighted by Gasteiger charge is -2.21. The monoisotopic (exact) mass is 421 g/mol. The summed E-state index contributed by atoms with van der Waals surface area (Å²) in [6.45, 7) is -0.404. The summed E-state index contributed by atoms with van der Waals surface area (Å²) in [5.41, 5.74) is 1.22. The van der Waals surface area contributed by atoms with Crippen molar-refractivity contribution >= 4 is 23.5 Å². The molecule has 2 aromatic carbocycles. The molecule has 0 bridgehead atoms. The van der Waals surface area contributed by atoms with Crippen LogP contribution in [0.4, 0.5) is 0 Å². The third kappa shape index (κ3) is 5.92. The summed E-state index contributed by atoms with van der Waals surface area (Å²) < 4.78 is 15.0. The van der Waals surface area contributed by atoms with Gasteiger partial charge in [-0.1, -0.05) is 41.9 Å². The number of methoxy groups -OCH3 is 2. The second-order valence-corrected chi connectivity index (χ2v) is 6.50. The number of hydrogen-bond acceptors (Lipinski definition) is 7. The van der Waals surface area contributed by atoms with Gasteiger partial charge >= 0.3 is 11.9 Å². The minimum atomic E-state index is -1.45. The molecule has 2 rings (SSSR count). The third-order valence-electron chi connectivity index (χ3n) is 4.32. The second kappa shape index (κ2) is 10.4. The first-order chi connectivity index (χ1) is 13.9. The summed E-state index contributed by atoms with van der Waals surface area (Å²) in [6.07, 6.45) is 0. The van der Waals surface area contributed by atoms with E-state index in [4.69, 9.17) is 16.3 Å². The SMILES string of the molecule is COC(=O)C(C(=O)OC)C(C[N+](=O)[O-])c1ccc(OCc2ccccc2Cl)cc1. The van der Waals surface area contributed by atoms with Crippen molar-refractivity contribution in [3.63, 3.8) is 0 Å². The molecular formula is C20H20ClNO7. The molecule has 0 aliphatic rings. The molecule has 0 aromatic heterocycles. The summed E-state index contributed by atoms with van der Waals surface area (Å²) >= 11 is 6.10. The molecule has 0 aliphatic carbocycles. The molecule has 29 heavy (non-hydrogen) atoms. The van der Waals surface area contributed by atoms with Gasteiger partial charge in [0.05, 0.1) is 20.1 Å². The van der Waals surface area contributed by atoms with E-state index in [2.05, 4.69) is 9.47 Å². The molecule has 0 heterocycles. The van der Waals surface area contributed by atoms with Crippen LogP contribution < -0.4 is 4.74 Å². The van der Waals surface area contributed by atoms with Crippen LogP contribution in [0.25, 0.3) is 0 Å². The maximum absolute atomic E-state index is 12.1. The smallest absolute Gasteiger partial charge is 0.320 e. The minimum absolute atomic E-state index is 0.240. The van der Waals surface area contributed by atoms with Crippen LogP contribution >= 0.6 is 11.6 Å². The van der Waals surface area contributed by atoms with Crippen molar-refractivity contribution in [3.05, 3.63) is 74.8 Å². The molecule has 0 amide bonds. The summed E-state index contributed by atoms with van der Waals surface area (Å²) in [5.74, 6) is -3.81. The fourth-order valence-corrected chi connectivity index (χ4v) is 3.02. The maximum atomic E-state index is 12.1. The highest BCUT2D eigenvalue weighted by atomic mass is 35.5. The van der Waals surface area contributed by atoms with Gasteiger partial charge in [-0.3, -0.25) is 19.7 Å². The Morgan fingerprint density at radius 1 is 1.03 bits per heavy atom.